The summed E-state index contributed by atoms with van der Waals surface area (Å²) in [4.78, 5) is 11.3. The maximum atomic E-state index is 11.3. The normalized spacial score (nSPS) is 9.21. The number of carbonyl (C=O) groups excluding carboxylic acids is 1. The van der Waals surface area contributed by atoms with Gasteiger partial charge in [0, 0.05) is 4.47 Å². The van der Waals surface area contributed by atoms with Crippen molar-refractivity contribution in [3.8, 4) is 6.07 Å². The molecule has 3 nitrogen and oxygen atoms in total. The molecule has 0 bridgehead atoms. The van der Waals surface area contributed by atoms with Gasteiger partial charge in [-0.3, -0.25) is 0 Å². The molecular weight excluding hydrogens is 246 g/mol. The third-order valence-electron chi connectivity index (χ3n) is 1.59. The maximum absolute atomic E-state index is 11.3. The molecule has 0 aromatic heterocycles. The molecule has 1 aromatic rings. The van der Waals surface area contributed by atoms with Crippen LogP contribution in [0.25, 0.3) is 0 Å². The van der Waals surface area contributed by atoms with Gasteiger partial charge in [0.25, 0.3) is 0 Å². The summed E-state index contributed by atoms with van der Waals surface area (Å²) in [6.45, 7) is 2.08. The van der Waals surface area contributed by atoms with E-state index in [1.807, 2.05) is 6.07 Å². The topological polar surface area (TPSA) is 50.1 Å². The molecule has 0 atom stereocenters. The van der Waals surface area contributed by atoms with Crippen molar-refractivity contribution in [3.63, 3.8) is 0 Å². The lowest BCUT2D eigenvalue weighted by molar-refractivity contribution is 0.0525. The Bertz CT molecular complexity index is 396. The predicted octanol–water partition coefficient (Wildman–Crippen LogP) is 2.50. The summed E-state index contributed by atoms with van der Waals surface area (Å²) in [5, 5.41) is 8.61. The Morgan fingerprint density at radius 2 is 2.36 bits per heavy atom. The van der Waals surface area contributed by atoms with Gasteiger partial charge in [0.15, 0.2) is 0 Å². The molecule has 0 N–H and O–H groups in total. The summed E-state index contributed by atoms with van der Waals surface area (Å²) in [5.41, 5.74) is 0.941. The minimum absolute atomic E-state index is 0.339. The molecule has 72 valence electrons. The van der Waals surface area contributed by atoms with Crippen molar-refractivity contribution in [2.75, 3.05) is 6.61 Å². The van der Waals surface area contributed by atoms with E-state index in [9.17, 15) is 4.79 Å². The molecule has 0 aliphatic carbocycles. The second kappa shape index (κ2) is 4.77. The fraction of sp³-hybridized carbons (Fsp3) is 0.200. The van der Waals surface area contributed by atoms with E-state index >= 15 is 0 Å². The number of carbonyl (C=O) groups is 1. The molecule has 0 unspecified atom stereocenters. The molecule has 1 aromatic carbocycles. The highest BCUT2D eigenvalue weighted by molar-refractivity contribution is 9.10. The lowest BCUT2D eigenvalue weighted by atomic mass is 10.1. The Balaban J connectivity index is 3.01. The molecule has 0 aliphatic heterocycles. The van der Waals surface area contributed by atoms with E-state index in [0.29, 0.717) is 22.2 Å². The Labute approximate surface area is 90.4 Å². The Hall–Kier alpha value is -1.34. The summed E-state index contributed by atoms with van der Waals surface area (Å²) in [7, 11) is 0. The smallest absolute Gasteiger partial charge is 0.339 e. The summed E-state index contributed by atoms with van der Waals surface area (Å²) >= 11 is 3.21. The van der Waals surface area contributed by atoms with Gasteiger partial charge in [-0.05, 0) is 41.1 Å². The van der Waals surface area contributed by atoms with E-state index in [-0.39, 0.29) is 5.97 Å². The number of hydrogen-bond acceptors (Lipinski definition) is 3. The number of rotatable bonds is 2. The number of nitriles is 1. The fourth-order valence-corrected chi connectivity index (χ4v) is 1.50. The van der Waals surface area contributed by atoms with E-state index in [1.165, 1.54) is 0 Å². The molecule has 0 aliphatic rings. The van der Waals surface area contributed by atoms with Crippen molar-refractivity contribution >= 4 is 21.9 Å². The third kappa shape index (κ3) is 2.33. The van der Waals surface area contributed by atoms with Crippen LogP contribution in [0.4, 0.5) is 0 Å². The summed E-state index contributed by atoms with van der Waals surface area (Å²) in [6.07, 6.45) is 0. The van der Waals surface area contributed by atoms with Crippen LogP contribution in [0.3, 0.4) is 0 Å². The number of halogens is 1. The van der Waals surface area contributed by atoms with Gasteiger partial charge in [0.05, 0.1) is 23.8 Å². The zero-order valence-electron chi connectivity index (χ0n) is 7.58. The van der Waals surface area contributed by atoms with Gasteiger partial charge >= 0.3 is 5.97 Å². The second-order valence-electron chi connectivity index (χ2n) is 2.53. The van der Waals surface area contributed by atoms with Gasteiger partial charge < -0.3 is 4.74 Å². The molecule has 4 heteroatoms. The van der Waals surface area contributed by atoms with Gasteiger partial charge in [-0.25, -0.2) is 4.79 Å². The molecule has 0 radical (unpaired) electrons. The maximum Gasteiger partial charge on any atom is 0.339 e. The molecule has 14 heavy (non-hydrogen) atoms. The Morgan fingerprint density at radius 1 is 1.64 bits per heavy atom. The zero-order chi connectivity index (χ0) is 10.6. The molecule has 0 fully saturated rings. The molecule has 1 rings (SSSR count). The first kappa shape index (κ1) is 10.7. The lowest BCUT2D eigenvalue weighted by Gasteiger charge is -2.03. The van der Waals surface area contributed by atoms with Gasteiger partial charge in [0.2, 0.25) is 0 Å². The van der Waals surface area contributed by atoms with Crippen LogP contribution in [0.5, 0.6) is 0 Å². The van der Waals surface area contributed by atoms with E-state index in [2.05, 4.69) is 15.9 Å². The van der Waals surface area contributed by atoms with Crippen LogP contribution in [0, 0.1) is 11.3 Å². The van der Waals surface area contributed by atoms with Crippen molar-refractivity contribution in [2.45, 2.75) is 6.92 Å². The van der Waals surface area contributed by atoms with Crippen LogP contribution < -0.4 is 0 Å². The van der Waals surface area contributed by atoms with Gasteiger partial charge in [0.1, 0.15) is 0 Å². The third-order valence-corrected chi connectivity index (χ3v) is 2.25. The molecule has 0 heterocycles. The average Bonchev–Trinajstić information content (AvgIpc) is 2.17. The molecule has 0 saturated heterocycles. The molecule has 0 amide bonds. The van der Waals surface area contributed by atoms with Crippen molar-refractivity contribution in [1.29, 1.82) is 5.26 Å². The SMILES string of the molecule is CCOC(=O)c1ccc(C#N)cc1Br. The predicted molar refractivity (Wildman–Crippen MR) is 54.8 cm³/mol. The second-order valence-corrected chi connectivity index (χ2v) is 3.38. The summed E-state index contributed by atoms with van der Waals surface area (Å²) < 4.78 is 5.41. The minimum Gasteiger partial charge on any atom is -0.462 e. The molecule has 0 spiro atoms. The fourth-order valence-electron chi connectivity index (χ4n) is 0.959. The van der Waals surface area contributed by atoms with Gasteiger partial charge in [-0.1, -0.05) is 0 Å². The first-order valence-electron chi connectivity index (χ1n) is 4.05. The Morgan fingerprint density at radius 3 is 2.86 bits per heavy atom. The van der Waals surface area contributed by atoms with Gasteiger partial charge in [-0.15, -0.1) is 0 Å². The molecular formula is C10H8BrNO2. The summed E-state index contributed by atoms with van der Waals surface area (Å²) in [6, 6.07) is 6.72. The minimum atomic E-state index is -0.385. The zero-order valence-corrected chi connectivity index (χ0v) is 9.17. The number of nitrogens with zero attached hydrogens (tertiary/aromatic N) is 1. The highest BCUT2D eigenvalue weighted by atomic mass is 79.9. The van der Waals surface area contributed by atoms with Crippen LogP contribution in [0.2, 0.25) is 0 Å². The van der Waals surface area contributed by atoms with Crippen molar-refractivity contribution < 1.29 is 9.53 Å². The van der Waals surface area contributed by atoms with E-state index in [1.54, 1.807) is 25.1 Å². The monoisotopic (exact) mass is 253 g/mol. The lowest BCUT2D eigenvalue weighted by Crippen LogP contribution is -2.05. The highest BCUT2D eigenvalue weighted by Crippen LogP contribution is 2.19. The van der Waals surface area contributed by atoms with Crippen LogP contribution in [-0.4, -0.2) is 12.6 Å². The summed E-state index contributed by atoms with van der Waals surface area (Å²) in [5.74, 6) is -0.385. The van der Waals surface area contributed by atoms with Crippen LogP contribution in [-0.2, 0) is 4.74 Å². The quantitative estimate of drug-likeness (QED) is 0.762. The number of benzene rings is 1. The largest absolute Gasteiger partial charge is 0.462 e. The van der Waals surface area contributed by atoms with Crippen molar-refractivity contribution in [3.05, 3.63) is 33.8 Å². The number of ether oxygens (including phenoxy) is 1. The van der Waals surface area contributed by atoms with Crippen LogP contribution >= 0.6 is 15.9 Å². The van der Waals surface area contributed by atoms with E-state index in [0.717, 1.165) is 0 Å². The molecule has 0 saturated carbocycles. The number of esters is 1. The van der Waals surface area contributed by atoms with E-state index in [4.69, 9.17) is 10.00 Å². The highest BCUT2D eigenvalue weighted by Gasteiger charge is 2.10. The number of hydrogen-bond donors (Lipinski definition) is 0. The van der Waals surface area contributed by atoms with Crippen molar-refractivity contribution in [2.24, 2.45) is 0 Å². The standard InChI is InChI=1S/C10H8BrNO2/c1-2-14-10(13)8-4-3-7(6-12)5-9(8)11/h3-5H,2H2,1H3. The first-order chi connectivity index (χ1) is 6.69. The van der Waals surface area contributed by atoms with Crippen LogP contribution in [0.15, 0.2) is 22.7 Å². The van der Waals surface area contributed by atoms with E-state index < -0.39 is 0 Å². The van der Waals surface area contributed by atoms with Gasteiger partial charge in [-0.2, -0.15) is 5.26 Å². The first-order valence-corrected chi connectivity index (χ1v) is 4.85. The average molecular weight is 254 g/mol. The van der Waals surface area contributed by atoms with Crippen molar-refractivity contribution in [1.82, 2.24) is 0 Å². The van der Waals surface area contributed by atoms with Crippen LogP contribution in [0.1, 0.15) is 22.8 Å². The Kier molecular flexibility index (Phi) is 3.66.